The van der Waals surface area contributed by atoms with E-state index >= 15 is 0 Å². The molecule has 0 amide bonds. The molecular weight excluding hydrogens is 472 g/mol. The number of anilines is 1. The van der Waals surface area contributed by atoms with Crippen LogP contribution in [0, 0.1) is 6.92 Å². The van der Waals surface area contributed by atoms with Crippen molar-refractivity contribution in [1.82, 2.24) is 23.9 Å². The van der Waals surface area contributed by atoms with Gasteiger partial charge >= 0.3 is 0 Å². The predicted octanol–water partition coefficient (Wildman–Crippen LogP) is 4.15. The molecule has 0 aliphatic carbocycles. The summed E-state index contributed by atoms with van der Waals surface area (Å²) in [7, 11) is -3.56. The van der Waals surface area contributed by atoms with E-state index < -0.39 is 10.0 Å². The quantitative estimate of drug-likeness (QED) is 0.370. The molecule has 8 nitrogen and oxygen atoms in total. The van der Waals surface area contributed by atoms with Crippen LogP contribution in [-0.2, 0) is 10.0 Å². The van der Waals surface area contributed by atoms with E-state index in [0.717, 1.165) is 33.9 Å². The van der Waals surface area contributed by atoms with Gasteiger partial charge in [0.1, 0.15) is 0 Å². The highest BCUT2D eigenvalue weighted by atomic mass is 32.2. The maximum atomic E-state index is 13.3. The molecule has 0 bridgehead atoms. The van der Waals surface area contributed by atoms with Gasteiger partial charge in [0.25, 0.3) is 0 Å². The summed E-state index contributed by atoms with van der Waals surface area (Å²) in [6.07, 6.45) is 0.685. The van der Waals surface area contributed by atoms with E-state index in [0.29, 0.717) is 37.5 Å². The fraction of sp³-hybridized carbons (Fsp3) is 0.222. The third-order valence-electron chi connectivity index (χ3n) is 6.66. The van der Waals surface area contributed by atoms with E-state index in [4.69, 9.17) is 4.98 Å². The third-order valence-corrected chi connectivity index (χ3v) is 8.57. The lowest BCUT2D eigenvalue weighted by atomic mass is 10.1. The largest absolute Gasteiger partial charge is 0.340 e. The minimum Gasteiger partial charge on any atom is -0.340 e. The Hall–Kier alpha value is -3.82. The van der Waals surface area contributed by atoms with Crippen molar-refractivity contribution < 1.29 is 8.42 Å². The van der Waals surface area contributed by atoms with Crippen molar-refractivity contribution in [2.45, 2.75) is 18.2 Å². The molecule has 1 aliphatic heterocycles. The first-order chi connectivity index (χ1) is 17.5. The number of hydrogen-bond acceptors (Lipinski definition) is 6. The van der Waals surface area contributed by atoms with Crippen molar-refractivity contribution in [2.75, 3.05) is 31.1 Å². The van der Waals surface area contributed by atoms with Gasteiger partial charge < -0.3 is 4.90 Å². The van der Waals surface area contributed by atoms with Gasteiger partial charge in [-0.2, -0.15) is 4.31 Å². The molecule has 3 heterocycles. The average molecular weight is 499 g/mol. The lowest BCUT2D eigenvalue weighted by Gasteiger charge is -2.24. The number of aryl methyl sites for hydroxylation is 1. The number of benzene rings is 3. The van der Waals surface area contributed by atoms with Crippen LogP contribution in [0.25, 0.3) is 27.9 Å². The Morgan fingerprint density at radius 3 is 2.33 bits per heavy atom. The minimum absolute atomic E-state index is 0.324. The molecule has 0 radical (unpaired) electrons. The zero-order valence-corrected chi connectivity index (χ0v) is 20.8. The summed E-state index contributed by atoms with van der Waals surface area (Å²) in [5.41, 5.74) is 3.70. The van der Waals surface area contributed by atoms with Gasteiger partial charge in [0.05, 0.1) is 10.4 Å². The summed E-state index contributed by atoms with van der Waals surface area (Å²) in [6, 6.07) is 24.8. The smallest absolute Gasteiger partial charge is 0.243 e. The molecule has 0 unspecified atom stereocenters. The Labute approximate surface area is 209 Å². The number of rotatable bonds is 4. The van der Waals surface area contributed by atoms with Crippen LogP contribution in [0.1, 0.15) is 12.0 Å². The van der Waals surface area contributed by atoms with E-state index in [1.54, 1.807) is 28.6 Å². The van der Waals surface area contributed by atoms with E-state index in [1.807, 2.05) is 46.9 Å². The Morgan fingerprint density at radius 1 is 0.778 bits per heavy atom. The van der Waals surface area contributed by atoms with Crippen LogP contribution in [0.3, 0.4) is 0 Å². The summed E-state index contributed by atoms with van der Waals surface area (Å²) in [5, 5.41) is 10.0. The fourth-order valence-electron chi connectivity index (χ4n) is 4.74. The third kappa shape index (κ3) is 3.90. The number of fused-ring (bicyclic) bond motifs is 3. The SMILES string of the molecule is Cc1ccc(-c2nnc3c4ccccc4nc(N4CCCN(S(=O)(=O)c5ccccc5)CC4)n23)cc1. The number of aromatic nitrogens is 4. The topological polar surface area (TPSA) is 83.7 Å². The molecule has 182 valence electrons. The van der Waals surface area contributed by atoms with Crippen LogP contribution in [0.5, 0.6) is 0 Å². The predicted molar refractivity (Wildman–Crippen MR) is 140 cm³/mol. The molecule has 1 aliphatic rings. The highest BCUT2D eigenvalue weighted by Gasteiger charge is 2.28. The highest BCUT2D eigenvalue weighted by molar-refractivity contribution is 7.89. The van der Waals surface area contributed by atoms with E-state index in [-0.39, 0.29) is 0 Å². The van der Waals surface area contributed by atoms with Crippen molar-refractivity contribution in [2.24, 2.45) is 0 Å². The summed E-state index contributed by atoms with van der Waals surface area (Å²) < 4.78 is 30.1. The van der Waals surface area contributed by atoms with Crippen molar-refractivity contribution in [3.8, 4) is 11.4 Å². The van der Waals surface area contributed by atoms with Crippen LogP contribution in [0.4, 0.5) is 5.95 Å². The van der Waals surface area contributed by atoms with Crippen LogP contribution in [0.15, 0.2) is 83.8 Å². The second kappa shape index (κ2) is 9.00. The standard InChI is InChI=1S/C27H26N6O2S/c1-20-12-14-21(15-13-20)25-29-30-26-23-10-5-6-11-24(23)28-27(33(25)26)31-16-7-17-32(19-18-31)36(34,35)22-8-3-2-4-9-22/h2-6,8-15H,7,16-19H2,1H3. The lowest BCUT2D eigenvalue weighted by molar-refractivity contribution is 0.433. The Morgan fingerprint density at radius 2 is 1.53 bits per heavy atom. The first-order valence-corrected chi connectivity index (χ1v) is 13.5. The molecule has 6 rings (SSSR count). The van der Waals surface area contributed by atoms with Gasteiger partial charge in [-0.15, -0.1) is 10.2 Å². The first-order valence-electron chi connectivity index (χ1n) is 12.0. The van der Waals surface area contributed by atoms with E-state index in [9.17, 15) is 8.42 Å². The molecule has 1 saturated heterocycles. The molecule has 3 aromatic carbocycles. The van der Waals surface area contributed by atoms with Gasteiger partial charge in [0.15, 0.2) is 11.5 Å². The Bertz CT molecular complexity index is 1650. The second-order valence-electron chi connectivity index (χ2n) is 9.04. The van der Waals surface area contributed by atoms with Crippen molar-refractivity contribution in [3.05, 3.63) is 84.4 Å². The maximum absolute atomic E-state index is 13.3. The molecular formula is C27H26N6O2S. The lowest BCUT2D eigenvalue weighted by Crippen LogP contribution is -2.36. The second-order valence-corrected chi connectivity index (χ2v) is 11.0. The van der Waals surface area contributed by atoms with Gasteiger partial charge in [0.2, 0.25) is 16.0 Å². The van der Waals surface area contributed by atoms with Crippen molar-refractivity contribution in [3.63, 3.8) is 0 Å². The van der Waals surface area contributed by atoms with Crippen LogP contribution < -0.4 is 4.90 Å². The van der Waals surface area contributed by atoms with Gasteiger partial charge in [-0.05, 0) is 37.6 Å². The zero-order chi connectivity index (χ0) is 24.7. The zero-order valence-electron chi connectivity index (χ0n) is 19.9. The summed E-state index contributed by atoms with van der Waals surface area (Å²) in [5.74, 6) is 1.44. The van der Waals surface area contributed by atoms with Crippen molar-refractivity contribution >= 4 is 32.5 Å². The van der Waals surface area contributed by atoms with Crippen LogP contribution in [-0.4, -0.2) is 58.5 Å². The summed E-state index contributed by atoms with van der Waals surface area (Å²) in [4.78, 5) is 7.51. The number of nitrogens with zero attached hydrogens (tertiary/aromatic N) is 6. The van der Waals surface area contributed by atoms with Gasteiger partial charge in [0, 0.05) is 37.1 Å². The summed E-state index contributed by atoms with van der Waals surface area (Å²) >= 11 is 0. The van der Waals surface area contributed by atoms with E-state index in [2.05, 4.69) is 34.2 Å². The molecule has 0 saturated carbocycles. The molecule has 2 aromatic heterocycles. The van der Waals surface area contributed by atoms with Crippen LogP contribution >= 0.6 is 0 Å². The maximum Gasteiger partial charge on any atom is 0.243 e. The number of para-hydroxylation sites is 1. The fourth-order valence-corrected chi connectivity index (χ4v) is 6.23. The Balaban J connectivity index is 1.43. The first kappa shape index (κ1) is 22.6. The highest BCUT2D eigenvalue weighted by Crippen LogP contribution is 2.29. The molecule has 9 heteroatoms. The molecule has 0 spiro atoms. The molecule has 36 heavy (non-hydrogen) atoms. The van der Waals surface area contributed by atoms with E-state index in [1.165, 1.54) is 5.56 Å². The number of sulfonamides is 1. The molecule has 5 aromatic rings. The van der Waals surface area contributed by atoms with Gasteiger partial charge in [-0.25, -0.2) is 17.8 Å². The minimum atomic E-state index is -3.56. The van der Waals surface area contributed by atoms with Gasteiger partial charge in [-0.1, -0.05) is 60.2 Å². The molecule has 1 fully saturated rings. The van der Waals surface area contributed by atoms with Crippen molar-refractivity contribution in [1.29, 1.82) is 0 Å². The molecule has 0 atom stereocenters. The number of hydrogen-bond donors (Lipinski definition) is 0. The molecule has 0 N–H and O–H groups in total. The summed E-state index contributed by atoms with van der Waals surface area (Å²) in [6.45, 7) is 4.07. The van der Waals surface area contributed by atoms with Gasteiger partial charge in [-0.3, -0.25) is 0 Å². The normalized spacial score (nSPS) is 15.4. The van der Waals surface area contributed by atoms with Crippen LogP contribution in [0.2, 0.25) is 0 Å². The average Bonchev–Trinajstić information content (AvgIpc) is 3.19. The monoisotopic (exact) mass is 498 g/mol. The Kier molecular flexibility index (Phi) is 5.66.